The largest absolute Gasteiger partial charge is 0.506 e. The number of aromatic hydroxyl groups is 1. The van der Waals surface area contributed by atoms with Crippen LogP contribution in [0.2, 0.25) is 0 Å². The Kier molecular flexibility index (Phi) is 4.41. The minimum absolute atomic E-state index is 0.289. The third kappa shape index (κ3) is 3.03. The number of anilines is 1. The monoisotopic (exact) mass is 370 g/mol. The van der Waals surface area contributed by atoms with Crippen LogP contribution >= 0.6 is 0 Å². The lowest BCUT2D eigenvalue weighted by Crippen LogP contribution is -2.29. The molecule has 0 spiro atoms. The summed E-state index contributed by atoms with van der Waals surface area (Å²) in [4.78, 5) is 26.1. The summed E-state index contributed by atoms with van der Waals surface area (Å²) in [5.41, 5.74) is 1.89. The Bertz CT molecular complexity index is 1230. The van der Waals surface area contributed by atoms with Crippen molar-refractivity contribution in [2.75, 3.05) is 5.32 Å². The van der Waals surface area contributed by atoms with Crippen LogP contribution in [0.3, 0.4) is 0 Å². The molecule has 0 aliphatic carbocycles. The number of rotatable bonds is 3. The van der Waals surface area contributed by atoms with Crippen LogP contribution in [0.5, 0.6) is 5.75 Å². The normalized spacial score (nSPS) is 10.8. The highest BCUT2D eigenvalue weighted by molar-refractivity contribution is 6.09. The molecule has 1 heterocycles. The summed E-state index contributed by atoms with van der Waals surface area (Å²) in [7, 11) is 0. The average molecular weight is 370 g/mol. The van der Waals surface area contributed by atoms with Crippen LogP contribution in [-0.2, 0) is 0 Å². The fourth-order valence-corrected chi connectivity index (χ4v) is 3.20. The van der Waals surface area contributed by atoms with E-state index < -0.39 is 11.5 Å². The van der Waals surface area contributed by atoms with E-state index in [2.05, 4.69) is 5.32 Å². The molecule has 4 rings (SSSR count). The van der Waals surface area contributed by atoms with Gasteiger partial charge in [-0.1, -0.05) is 48.0 Å². The van der Waals surface area contributed by atoms with E-state index >= 15 is 0 Å². The molecule has 0 saturated heterocycles. The molecule has 0 atom stereocenters. The van der Waals surface area contributed by atoms with Crippen molar-refractivity contribution in [1.29, 1.82) is 0 Å². The number of nitrogens with one attached hydrogen (secondary N) is 1. The number of pyridine rings is 1. The van der Waals surface area contributed by atoms with Gasteiger partial charge < -0.3 is 10.4 Å². The zero-order valence-corrected chi connectivity index (χ0v) is 15.2. The standard InChI is InChI=1S/C23H18N2O3/c1-15-11-13-17(14-12-15)25-19-10-6-5-9-18(19)21(26)20(23(25)28)22(27)24-16-7-3-2-4-8-16/h2-14,26H,1H3,(H,24,27). The van der Waals surface area contributed by atoms with Crippen LogP contribution in [0.1, 0.15) is 15.9 Å². The van der Waals surface area contributed by atoms with E-state index in [1.807, 2.05) is 37.3 Å². The lowest BCUT2D eigenvalue weighted by Gasteiger charge is -2.15. The van der Waals surface area contributed by atoms with Gasteiger partial charge >= 0.3 is 0 Å². The van der Waals surface area contributed by atoms with Gasteiger partial charge in [0.25, 0.3) is 11.5 Å². The Morgan fingerprint density at radius 1 is 0.893 bits per heavy atom. The van der Waals surface area contributed by atoms with Crippen molar-refractivity contribution < 1.29 is 9.90 Å². The van der Waals surface area contributed by atoms with E-state index in [4.69, 9.17) is 0 Å². The topological polar surface area (TPSA) is 71.3 Å². The highest BCUT2D eigenvalue weighted by Crippen LogP contribution is 2.28. The number of para-hydroxylation sites is 2. The van der Waals surface area contributed by atoms with Gasteiger partial charge in [0, 0.05) is 16.8 Å². The smallest absolute Gasteiger partial charge is 0.272 e. The van der Waals surface area contributed by atoms with Crippen molar-refractivity contribution in [3.63, 3.8) is 0 Å². The molecule has 0 unspecified atom stereocenters. The molecule has 0 aliphatic heterocycles. The number of carbonyl (C=O) groups excluding carboxylic acids is 1. The number of carbonyl (C=O) groups is 1. The highest BCUT2D eigenvalue weighted by Gasteiger charge is 2.23. The summed E-state index contributed by atoms with van der Waals surface area (Å²) >= 11 is 0. The van der Waals surface area contributed by atoms with Crippen molar-refractivity contribution in [1.82, 2.24) is 4.57 Å². The Balaban J connectivity index is 1.96. The molecule has 0 bridgehead atoms. The molecular weight excluding hydrogens is 352 g/mol. The minimum Gasteiger partial charge on any atom is -0.506 e. The summed E-state index contributed by atoms with van der Waals surface area (Å²) in [6, 6.07) is 23.2. The van der Waals surface area contributed by atoms with Crippen LogP contribution in [0, 0.1) is 6.92 Å². The Hall–Kier alpha value is -3.86. The fraction of sp³-hybridized carbons (Fsp3) is 0.0435. The molecule has 0 saturated carbocycles. The summed E-state index contributed by atoms with van der Waals surface area (Å²) in [6.45, 7) is 1.96. The first-order chi connectivity index (χ1) is 13.6. The number of aryl methyl sites for hydroxylation is 1. The van der Waals surface area contributed by atoms with Gasteiger partial charge in [-0.3, -0.25) is 14.2 Å². The number of aromatic nitrogens is 1. The summed E-state index contributed by atoms with van der Waals surface area (Å²) in [5.74, 6) is -0.974. The van der Waals surface area contributed by atoms with Crippen LogP contribution in [0.15, 0.2) is 83.7 Å². The minimum atomic E-state index is -0.652. The maximum atomic E-state index is 13.3. The van der Waals surface area contributed by atoms with E-state index in [1.54, 1.807) is 48.5 Å². The number of benzene rings is 3. The molecule has 1 amide bonds. The van der Waals surface area contributed by atoms with Gasteiger partial charge in [0.15, 0.2) is 0 Å². The van der Waals surface area contributed by atoms with Crippen LogP contribution in [-0.4, -0.2) is 15.6 Å². The third-order valence-corrected chi connectivity index (χ3v) is 4.60. The second kappa shape index (κ2) is 7.04. The molecule has 3 aromatic carbocycles. The van der Waals surface area contributed by atoms with Crippen molar-refractivity contribution in [3.05, 3.63) is 100 Å². The second-order valence-corrected chi connectivity index (χ2v) is 6.54. The average Bonchev–Trinajstić information content (AvgIpc) is 2.70. The number of amides is 1. The van der Waals surface area contributed by atoms with Crippen LogP contribution in [0.25, 0.3) is 16.6 Å². The van der Waals surface area contributed by atoms with E-state index in [1.165, 1.54) is 4.57 Å². The second-order valence-electron chi connectivity index (χ2n) is 6.54. The predicted octanol–water partition coefficient (Wildman–Crippen LogP) is 4.26. The summed E-state index contributed by atoms with van der Waals surface area (Å²) in [6.07, 6.45) is 0. The number of hydrogen-bond acceptors (Lipinski definition) is 3. The number of fused-ring (bicyclic) bond motifs is 1. The SMILES string of the molecule is Cc1ccc(-n2c(=O)c(C(=O)Nc3ccccc3)c(O)c3ccccc32)cc1. The molecule has 2 N–H and O–H groups in total. The molecule has 5 nitrogen and oxygen atoms in total. The molecular formula is C23H18N2O3. The van der Waals surface area contributed by atoms with Gasteiger partial charge in [-0.2, -0.15) is 0 Å². The van der Waals surface area contributed by atoms with E-state index in [-0.39, 0.29) is 11.3 Å². The maximum absolute atomic E-state index is 13.3. The number of hydrogen-bond donors (Lipinski definition) is 2. The van der Waals surface area contributed by atoms with Gasteiger partial charge in [-0.25, -0.2) is 0 Å². The van der Waals surface area contributed by atoms with E-state index in [0.29, 0.717) is 22.3 Å². The predicted molar refractivity (Wildman–Crippen MR) is 110 cm³/mol. The molecule has 0 fully saturated rings. The molecule has 0 aliphatic rings. The summed E-state index contributed by atoms with van der Waals surface area (Å²) < 4.78 is 1.45. The van der Waals surface area contributed by atoms with Crippen molar-refractivity contribution in [2.24, 2.45) is 0 Å². The highest BCUT2D eigenvalue weighted by atomic mass is 16.3. The molecule has 138 valence electrons. The van der Waals surface area contributed by atoms with Crippen molar-refractivity contribution >= 4 is 22.5 Å². The Labute approximate surface area is 161 Å². The fourth-order valence-electron chi connectivity index (χ4n) is 3.20. The third-order valence-electron chi connectivity index (χ3n) is 4.60. The van der Waals surface area contributed by atoms with Crippen LogP contribution in [0.4, 0.5) is 5.69 Å². The molecule has 28 heavy (non-hydrogen) atoms. The van der Waals surface area contributed by atoms with Crippen molar-refractivity contribution in [2.45, 2.75) is 6.92 Å². The first kappa shape index (κ1) is 17.5. The molecule has 1 aromatic heterocycles. The van der Waals surface area contributed by atoms with Gasteiger partial charge in [-0.15, -0.1) is 0 Å². The first-order valence-corrected chi connectivity index (χ1v) is 8.86. The van der Waals surface area contributed by atoms with Crippen LogP contribution < -0.4 is 10.9 Å². The van der Waals surface area contributed by atoms with Gasteiger partial charge in [0.1, 0.15) is 11.3 Å². The van der Waals surface area contributed by atoms with Gasteiger partial charge in [-0.05, 0) is 43.3 Å². The molecule has 0 radical (unpaired) electrons. The first-order valence-electron chi connectivity index (χ1n) is 8.86. The summed E-state index contributed by atoms with van der Waals surface area (Å²) in [5, 5.41) is 13.8. The van der Waals surface area contributed by atoms with E-state index in [9.17, 15) is 14.7 Å². The molecule has 4 aromatic rings. The zero-order chi connectivity index (χ0) is 19.7. The maximum Gasteiger partial charge on any atom is 0.272 e. The lowest BCUT2D eigenvalue weighted by atomic mass is 10.1. The number of nitrogens with zero attached hydrogens (tertiary/aromatic N) is 1. The van der Waals surface area contributed by atoms with Gasteiger partial charge in [0.2, 0.25) is 0 Å². The van der Waals surface area contributed by atoms with E-state index in [0.717, 1.165) is 5.56 Å². The Morgan fingerprint density at radius 2 is 1.54 bits per heavy atom. The molecule has 5 heteroatoms. The van der Waals surface area contributed by atoms with Crippen molar-refractivity contribution in [3.8, 4) is 11.4 Å². The van der Waals surface area contributed by atoms with Gasteiger partial charge in [0.05, 0.1) is 5.52 Å². The quantitative estimate of drug-likeness (QED) is 0.566. The lowest BCUT2D eigenvalue weighted by molar-refractivity contribution is 0.102. The zero-order valence-electron chi connectivity index (χ0n) is 15.2. The Morgan fingerprint density at radius 3 is 2.25 bits per heavy atom.